The first-order chi connectivity index (χ1) is 6.25. The summed E-state index contributed by atoms with van der Waals surface area (Å²) in [7, 11) is 1.88. The molecule has 0 aliphatic heterocycles. The van der Waals surface area contributed by atoms with Gasteiger partial charge in [-0.15, -0.1) is 0 Å². The first-order valence-corrected chi connectivity index (χ1v) is 4.52. The van der Waals surface area contributed by atoms with Crippen LogP contribution in [-0.2, 0) is 7.05 Å². The molecule has 0 bridgehead atoms. The second kappa shape index (κ2) is 3.26. The molecule has 2 aromatic heterocycles. The lowest BCUT2D eigenvalue weighted by Crippen LogP contribution is -1.89. The molecule has 0 aromatic carbocycles. The Morgan fingerprint density at radius 1 is 1.31 bits per heavy atom. The van der Waals surface area contributed by atoms with Gasteiger partial charge in [-0.25, -0.2) is 9.97 Å². The molecule has 0 saturated heterocycles. The fraction of sp³-hybridized carbons (Fsp3) is 0.125. The van der Waals surface area contributed by atoms with Crippen molar-refractivity contribution in [2.45, 2.75) is 0 Å². The van der Waals surface area contributed by atoms with Gasteiger partial charge in [-0.3, -0.25) is 4.68 Å². The monoisotopic (exact) mass is 238 g/mol. The zero-order valence-electron chi connectivity index (χ0n) is 6.98. The minimum atomic E-state index is 0.590. The molecule has 0 aliphatic carbocycles. The summed E-state index contributed by atoms with van der Waals surface area (Å²) in [5.41, 5.74) is 1.80. The van der Waals surface area contributed by atoms with Crippen molar-refractivity contribution in [1.82, 2.24) is 19.7 Å². The SMILES string of the molecule is Cn1ccc(-c2cnc(Br)nc2)n1. The van der Waals surface area contributed by atoms with Crippen LogP contribution >= 0.6 is 15.9 Å². The molecule has 2 aromatic rings. The predicted molar refractivity (Wildman–Crippen MR) is 51.9 cm³/mol. The molecular weight excluding hydrogens is 232 g/mol. The number of hydrogen-bond acceptors (Lipinski definition) is 3. The summed E-state index contributed by atoms with van der Waals surface area (Å²) in [6, 6.07) is 1.92. The number of hydrogen-bond donors (Lipinski definition) is 0. The van der Waals surface area contributed by atoms with Gasteiger partial charge in [0.25, 0.3) is 0 Å². The molecule has 0 saturated carbocycles. The Morgan fingerprint density at radius 2 is 2.00 bits per heavy atom. The van der Waals surface area contributed by atoms with Gasteiger partial charge in [-0.2, -0.15) is 5.10 Å². The molecule has 0 spiro atoms. The minimum absolute atomic E-state index is 0.590. The zero-order valence-corrected chi connectivity index (χ0v) is 8.56. The van der Waals surface area contributed by atoms with Crippen LogP contribution in [0.4, 0.5) is 0 Å². The van der Waals surface area contributed by atoms with Gasteiger partial charge < -0.3 is 0 Å². The van der Waals surface area contributed by atoms with E-state index in [1.807, 2.05) is 19.3 Å². The molecule has 2 heterocycles. The molecule has 0 unspecified atom stereocenters. The van der Waals surface area contributed by atoms with E-state index in [-0.39, 0.29) is 0 Å². The second-order valence-corrected chi connectivity index (χ2v) is 3.32. The molecule has 66 valence electrons. The highest BCUT2D eigenvalue weighted by atomic mass is 79.9. The third-order valence-electron chi connectivity index (χ3n) is 1.63. The Kier molecular flexibility index (Phi) is 2.10. The lowest BCUT2D eigenvalue weighted by atomic mass is 10.2. The third-order valence-corrected chi connectivity index (χ3v) is 2.04. The highest BCUT2D eigenvalue weighted by Gasteiger charge is 2.01. The topological polar surface area (TPSA) is 43.6 Å². The van der Waals surface area contributed by atoms with Crippen molar-refractivity contribution in [2.24, 2.45) is 7.05 Å². The average molecular weight is 239 g/mol. The summed E-state index contributed by atoms with van der Waals surface area (Å²) in [6.45, 7) is 0. The standard InChI is InChI=1S/C8H7BrN4/c1-13-3-2-7(12-13)6-4-10-8(9)11-5-6/h2-5H,1H3. The summed E-state index contributed by atoms with van der Waals surface area (Å²) in [5, 5.41) is 4.23. The molecule has 2 rings (SSSR count). The number of nitrogens with zero attached hydrogens (tertiary/aromatic N) is 4. The van der Waals surface area contributed by atoms with Crippen LogP contribution in [0.5, 0.6) is 0 Å². The van der Waals surface area contributed by atoms with Gasteiger partial charge in [-0.1, -0.05) is 0 Å². The van der Waals surface area contributed by atoms with Crippen molar-refractivity contribution in [1.29, 1.82) is 0 Å². The predicted octanol–water partition coefficient (Wildman–Crippen LogP) is 1.64. The molecule has 0 radical (unpaired) electrons. The highest BCUT2D eigenvalue weighted by Crippen LogP contribution is 2.14. The van der Waals surface area contributed by atoms with E-state index in [0.717, 1.165) is 11.3 Å². The normalized spacial score (nSPS) is 10.3. The molecule has 0 atom stereocenters. The molecule has 0 amide bonds. The molecule has 0 aliphatic rings. The van der Waals surface area contributed by atoms with E-state index >= 15 is 0 Å². The Hall–Kier alpha value is -1.23. The highest BCUT2D eigenvalue weighted by molar-refractivity contribution is 9.10. The van der Waals surface area contributed by atoms with E-state index in [4.69, 9.17) is 0 Å². The van der Waals surface area contributed by atoms with E-state index in [1.165, 1.54) is 0 Å². The van der Waals surface area contributed by atoms with Crippen molar-refractivity contribution in [3.05, 3.63) is 29.4 Å². The van der Waals surface area contributed by atoms with Crippen LogP contribution in [-0.4, -0.2) is 19.7 Å². The maximum Gasteiger partial charge on any atom is 0.196 e. The lowest BCUT2D eigenvalue weighted by Gasteiger charge is -1.94. The van der Waals surface area contributed by atoms with Crippen molar-refractivity contribution in [2.75, 3.05) is 0 Å². The number of rotatable bonds is 1. The van der Waals surface area contributed by atoms with Crippen LogP contribution in [0.3, 0.4) is 0 Å². The van der Waals surface area contributed by atoms with Crippen LogP contribution in [0.2, 0.25) is 0 Å². The van der Waals surface area contributed by atoms with Gasteiger partial charge in [0.1, 0.15) is 0 Å². The van der Waals surface area contributed by atoms with Gasteiger partial charge in [0, 0.05) is 31.2 Å². The Balaban J connectivity index is 2.41. The van der Waals surface area contributed by atoms with E-state index in [9.17, 15) is 0 Å². The molecular formula is C8H7BrN4. The number of aryl methyl sites for hydroxylation is 1. The van der Waals surface area contributed by atoms with Gasteiger partial charge in [0.05, 0.1) is 5.69 Å². The maximum absolute atomic E-state index is 4.23. The summed E-state index contributed by atoms with van der Waals surface area (Å²) in [5.74, 6) is 0. The second-order valence-electron chi connectivity index (χ2n) is 2.62. The fourth-order valence-corrected chi connectivity index (χ4v) is 1.22. The Bertz CT molecular complexity index is 406. The summed E-state index contributed by atoms with van der Waals surface area (Å²) in [6.07, 6.45) is 5.36. The van der Waals surface area contributed by atoms with Crippen molar-refractivity contribution in [3.63, 3.8) is 0 Å². The number of halogens is 1. The van der Waals surface area contributed by atoms with E-state index in [1.54, 1.807) is 17.1 Å². The van der Waals surface area contributed by atoms with Crippen LogP contribution in [0.15, 0.2) is 29.4 Å². The fourth-order valence-electron chi connectivity index (χ4n) is 1.01. The molecule has 0 fully saturated rings. The third kappa shape index (κ3) is 1.75. The van der Waals surface area contributed by atoms with Gasteiger partial charge in [-0.05, 0) is 22.0 Å². The number of aromatic nitrogens is 4. The quantitative estimate of drug-likeness (QED) is 0.710. The first kappa shape index (κ1) is 8.37. The summed E-state index contributed by atoms with van der Waals surface area (Å²) < 4.78 is 2.34. The van der Waals surface area contributed by atoms with Crippen LogP contribution in [0, 0.1) is 0 Å². The molecule has 5 heteroatoms. The average Bonchev–Trinajstić information content (AvgIpc) is 2.53. The molecule has 13 heavy (non-hydrogen) atoms. The molecule has 4 nitrogen and oxygen atoms in total. The molecule has 0 N–H and O–H groups in total. The van der Waals surface area contributed by atoms with Crippen LogP contribution in [0.1, 0.15) is 0 Å². The van der Waals surface area contributed by atoms with Crippen molar-refractivity contribution < 1.29 is 0 Å². The maximum atomic E-state index is 4.23. The summed E-state index contributed by atoms with van der Waals surface area (Å²) >= 11 is 3.18. The van der Waals surface area contributed by atoms with E-state index in [2.05, 4.69) is 31.0 Å². The van der Waals surface area contributed by atoms with Crippen molar-refractivity contribution >= 4 is 15.9 Å². The van der Waals surface area contributed by atoms with E-state index < -0.39 is 0 Å². The van der Waals surface area contributed by atoms with Crippen molar-refractivity contribution in [3.8, 4) is 11.3 Å². The smallest absolute Gasteiger partial charge is 0.196 e. The van der Waals surface area contributed by atoms with Gasteiger partial charge in [0.2, 0.25) is 0 Å². The van der Waals surface area contributed by atoms with Crippen LogP contribution in [0.25, 0.3) is 11.3 Å². The Labute approximate surface area is 83.8 Å². The lowest BCUT2D eigenvalue weighted by molar-refractivity contribution is 0.770. The summed E-state index contributed by atoms with van der Waals surface area (Å²) in [4.78, 5) is 8.04. The largest absolute Gasteiger partial charge is 0.275 e. The van der Waals surface area contributed by atoms with E-state index in [0.29, 0.717) is 4.73 Å². The minimum Gasteiger partial charge on any atom is -0.275 e. The first-order valence-electron chi connectivity index (χ1n) is 3.73. The van der Waals surface area contributed by atoms with Gasteiger partial charge >= 0.3 is 0 Å². The Morgan fingerprint density at radius 3 is 2.54 bits per heavy atom. The van der Waals surface area contributed by atoms with Gasteiger partial charge in [0.15, 0.2) is 4.73 Å². The zero-order chi connectivity index (χ0) is 9.26. The van der Waals surface area contributed by atoms with Crippen LogP contribution < -0.4 is 0 Å².